The molecule has 0 unspecified atom stereocenters. The largest absolute Gasteiger partial charge is 0.493 e. The lowest BCUT2D eigenvalue weighted by Crippen LogP contribution is -2.02. The molecule has 0 aliphatic heterocycles. The molecule has 0 atom stereocenters. The van der Waals surface area contributed by atoms with Crippen LogP contribution in [-0.4, -0.2) is 18.1 Å². The molecule has 94 valence electrons. The zero-order chi connectivity index (χ0) is 12.5. The number of hydrogen-bond acceptors (Lipinski definition) is 3. The van der Waals surface area contributed by atoms with Gasteiger partial charge in [-0.3, -0.25) is 0 Å². The molecule has 17 heavy (non-hydrogen) atoms. The van der Waals surface area contributed by atoms with Crippen molar-refractivity contribution >= 4 is 17.4 Å². The summed E-state index contributed by atoms with van der Waals surface area (Å²) in [5, 5.41) is 0. The van der Waals surface area contributed by atoms with Gasteiger partial charge in [0, 0.05) is 5.69 Å². The Balaban J connectivity index is 2.48. The minimum Gasteiger partial charge on any atom is -0.493 e. The number of benzene rings is 1. The molecule has 0 aromatic heterocycles. The molecule has 1 aromatic rings. The maximum atomic E-state index is 5.77. The van der Waals surface area contributed by atoms with Gasteiger partial charge in [0.15, 0.2) is 0 Å². The Hall–Kier alpha value is -1.09. The highest BCUT2D eigenvalue weighted by molar-refractivity contribution is 7.99. The Morgan fingerprint density at radius 3 is 3.00 bits per heavy atom. The van der Waals surface area contributed by atoms with E-state index in [4.69, 9.17) is 10.5 Å². The van der Waals surface area contributed by atoms with Gasteiger partial charge in [-0.05, 0) is 48.1 Å². The van der Waals surface area contributed by atoms with Crippen LogP contribution in [0, 0.1) is 0 Å². The molecule has 3 heteroatoms. The van der Waals surface area contributed by atoms with Crippen LogP contribution in [0.25, 0.3) is 0 Å². The van der Waals surface area contributed by atoms with Crippen LogP contribution in [0.3, 0.4) is 0 Å². The lowest BCUT2D eigenvalue weighted by molar-refractivity contribution is 0.316. The molecule has 1 rings (SSSR count). The van der Waals surface area contributed by atoms with E-state index in [1.165, 1.54) is 5.75 Å². The Morgan fingerprint density at radius 2 is 2.29 bits per heavy atom. The van der Waals surface area contributed by atoms with E-state index in [1.807, 2.05) is 36.0 Å². The molecule has 2 N–H and O–H groups in total. The fourth-order valence-electron chi connectivity index (χ4n) is 1.54. The number of anilines is 1. The van der Waals surface area contributed by atoms with Crippen LogP contribution in [0.2, 0.25) is 0 Å². The maximum absolute atomic E-state index is 5.77. The molecular formula is C14H21NOS. The molecule has 0 spiro atoms. The van der Waals surface area contributed by atoms with E-state index < -0.39 is 0 Å². The molecule has 0 fully saturated rings. The molecule has 0 saturated carbocycles. The van der Waals surface area contributed by atoms with Gasteiger partial charge in [-0.15, -0.1) is 6.58 Å². The first-order valence-corrected chi connectivity index (χ1v) is 7.13. The predicted molar refractivity (Wildman–Crippen MR) is 77.9 cm³/mol. The summed E-state index contributed by atoms with van der Waals surface area (Å²) in [5.41, 5.74) is 7.65. The van der Waals surface area contributed by atoms with Gasteiger partial charge in [0.05, 0.1) is 6.61 Å². The zero-order valence-electron chi connectivity index (χ0n) is 10.4. The standard InChI is InChI=1S/C14H21NOS/c1-3-6-12-11-13(15)7-8-14(12)16-9-5-10-17-4-2/h3,7-8,11H,1,4-6,9-10,15H2,2H3. The third kappa shape index (κ3) is 5.18. The number of rotatable bonds is 8. The minimum atomic E-state index is 0.765. The summed E-state index contributed by atoms with van der Waals surface area (Å²) in [4.78, 5) is 0. The number of nitrogen functional groups attached to an aromatic ring is 1. The highest BCUT2D eigenvalue weighted by Gasteiger charge is 2.02. The monoisotopic (exact) mass is 251 g/mol. The smallest absolute Gasteiger partial charge is 0.122 e. The van der Waals surface area contributed by atoms with Crippen molar-refractivity contribution in [3.63, 3.8) is 0 Å². The van der Waals surface area contributed by atoms with Gasteiger partial charge < -0.3 is 10.5 Å². The van der Waals surface area contributed by atoms with Crippen LogP contribution in [0.5, 0.6) is 5.75 Å². The summed E-state index contributed by atoms with van der Waals surface area (Å²) in [6.07, 6.45) is 3.75. The lowest BCUT2D eigenvalue weighted by atomic mass is 10.1. The molecule has 0 saturated heterocycles. The van der Waals surface area contributed by atoms with Crippen molar-refractivity contribution in [3.8, 4) is 5.75 Å². The Morgan fingerprint density at radius 1 is 1.47 bits per heavy atom. The molecular weight excluding hydrogens is 230 g/mol. The summed E-state index contributed by atoms with van der Waals surface area (Å²) in [6.45, 7) is 6.69. The van der Waals surface area contributed by atoms with Crippen molar-refractivity contribution in [1.29, 1.82) is 0 Å². The van der Waals surface area contributed by atoms with Crippen LogP contribution in [0.1, 0.15) is 18.9 Å². The minimum absolute atomic E-state index is 0.765. The van der Waals surface area contributed by atoms with E-state index >= 15 is 0 Å². The van der Waals surface area contributed by atoms with Gasteiger partial charge in [-0.2, -0.15) is 11.8 Å². The number of allylic oxidation sites excluding steroid dienone is 1. The zero-order valence-corrected chi connectivity index (χ0v) is 11.3. The van der Waals surface area contributed by atoms with Gasteiger partial charge in [0.2, 0.25) is 0 Å². The van der Waals surface area contributed by atoms with Gasteiger partial charge in [-0.25, -0.2) is 0 Å². The lowest BCUT2D eigenvalue weighted by Gasteiger charge is -2.11. The highest BCUT2D eigenvalue weighted by atomic mass is 32.2. The number of ether oxygens (including phenoxy) is 1. The Bertz CT molecular complexity index is 352. The first-order valence-electron chi connectivity index (χ1n) is 5.97. The van der Waals surface area contributed by atoms with Crippen LogP contribution in [0.15, 0.2) is 30.9 Å². The van der Waals surface area contributed by atoms with Gasteiger partial charge in [0.25, 0.3) is 0 Å². The van der Waals surface area contributed by atoms with E-state index in [2.05, 4.69) is 13.5 Å². The molecule has 1 aromatic carbocycles. The normalized spacial score (nSPS) is 10.2. The summed E-state index contributed by atoms with van der Waals surface area (Å²) < 4.78 is 5.77. The molecule has 0 bridgehead atoms. The number of hydrogen-bond donors (Lipinski definition) is 1. The van der Waals surface area contributed by atoms with Gasteiger partial charge >= 0.3 is 0 Å². The summed E-state index contributed by atoms with van der Waals surface area (Å²) in [5.74, 6) is 3.26. The van der Waals surface area contributed by atoms with Crippen molar-refractivity contribution < 1.29 is 4.74 Å². The molecule has 0 amide bonds. The number of thioether (sulfide) groups is 1. The van der Waals surface area contributed by atoms with Crippen LogP contribution in [0.4, 0.5) is 5.69 Å². The third-order valence-corrected chi connectivity index (χ3v) is 3.33. The second-order valence-corrected chi connectivity index (χ2v) is 5.15. The average molecular weight is 251 g/mol. The quantitative estimate of drug-likeness (QED) is 0.436. The second kappa shape index (κ2) is 8.07. The fraction of sp³-hybridized carbons (Fsp3) is 0.429. The van der Waals surface area contributed by atoms with Crippen molar-refractivity contribution in [1.82, 2.24) is 0 Å². The van der Waals surface area contributed by atoms with Gasteiger partial charge in [0.1, 0.15) is 5.75 Å². The van der Waals surface area contributed by atoms with E-state index in [-0.39, 0.29) is 0 Å². The average Bonchev–Trinajstić information content (AvgIpc) is 2.32. The van der Waals surface area contributed by atoms with Crippen LogP contribution < -0.4 is 10.5 Å². The molecule has 0 radical (unpaired) electrons. The maximum Gasteiger partial charge on any atom is 0.122 e. The van der Waals surface area contributed by atoms with Crippen molar-refractivity contribution in [2.75, 3.05) is 23.8 Å². The van der Waals surface area contributed by atoms with Crippen molar-refractivity contribution in [2.24, 2.45) is 0 Å². The molecule has 2 nitrogen and oxygen atoms in total. The summed E-state index contributed by atoms with van der Waals surface area (Å²) in [6, 6.07) is 5.78. The second-order valence-electron chi connectivity index (χ2n) is 3.76. The molecule has 0 aliphatic carbocycles. The first kappa shape index (κ1) is 14.0. The van der Waals surface area contributed by atoms with E-state index in [0.717, 1.165) is 42.2 Å². The predicted octanol–water partition coefficient (Wildman–Crippen LogP) is 3.52. The van der Waals surface area contributed by atoms with Crippen molar-refractivity contribution in [3.05, 3.63) is 36.4 Å². The van der Waals surface area contributed by atoms with Crippen LogP contribution in [-0.2, 0) is 6.42 Å². The van der Waals surface area contributed by atoms with E-state index in [0.29, 0.717) is 0 Å². The molecule has 0 aliphatic rings. The van der Waals surface area contributed by atoms with E-state index in [1.54, 1.807) is 0 Å². The molecule has 0 heterocycles. The summed E-state index contributed by atoms with van der Waals surface area (Å²) >= 11 is 1.94. The first-order chi connectivity index (χ1) is 8.27. The third-order valence-electron chi connectivity index (χ3n) is 2.34. The fourth-order valence-corrected chi connectivity index (χ4v) is 2.15. The number of nitrogens with two attached hydrogens (primary N) is 1. The van der Waals surface area contributed by atoms with Crippen LogP contribution >= 0.6 is 11.8 Å². The SMILES string of the molecule is C=CCc1cc(N)ccc1OCCCSCC. The Labute approximate surface area is 108 Å². The van der Waals surface area contributed by atoms with E-state index in [9.17, 15) is 0 Å². The Kier molecular flexibility index (Phi) is 6.63. The highest BCUT2D eigenvalue weighted by Crippen LogP contribution is 2.22. The van der Waals surface area contributed by atoms with Crippen molar-refractivity contribution in [2.45, 2.75) is 19.8 Å². The van der Waals surface area contributed by atoms with Gasteiger partial charge in [-0.1, -0.05) is 13.0 Å². The topological polar surface area (TPSA) is 35.2 Å². The summed E-state index contributed by atoms with van der Waals surface area (Å²) in [7, 11) is 0.